The van der Waals surface area contributed by atoms with E-state index < -0.39 is 0 Å². The van der Waals surface area contributed by atoms with Crippen LogP contribution in [0.4, 0.5) is 17.3 Å². The number of nitriles is 1. The third-order valence-electron chi connectivity index (χ3n) is 6.15. The van der Waals surface area contributed by atoms with E-state index in [1.54, 1.807) is 11.1 Å². The smallest absolute Gasteiger partial charge is 0.237 e. The maximum Gasteiger partial charge on any atom is 0.237 e. The van der Waals surface area contributed by atoms with Gasteiger partial charge in [-0.15, -0.1) is 0 Å². The highest BCUT2D eigenvalue weighted by Crippen LogP contribution is 2.31. The standard InChI is InChI=1S/C25H26N6O3/c1-17-15-27-25(28-19-2-4-20(5-3-19)30-10-12-33-13-11-30)29-24(17)22-14-18-16-31(23(32)6-8-26)9-7-21(18)34-22/h2-5,14-15H,6-7,9-13,16H2,1H3,(H,27,28,29). The molecule has 0 unspecified atom stereocenters. The summed E-state index contributed by atoms with van der Waals surface area (Å²) in [5.41, 5.74) is 4.64. The zero-order chi connectivity index (χ0) is 23.5. The van der Waals surface area contributed by atoms with Crippen molar-refractivity contribution in [2.24, 2.45) is 0 Å². The fourth-order valence-electron chi connectivity index (χ4n) is 4.30. The lowest BCUT2D eigenvalue weighted by molar-refractivity contribution is -0.131. The van der Waals surface area contributed by atoms with Gasteiger partial charge in [0.15, 0.2) is 5.76 Å². The second-order valence-corrected chi connectivity index (χ2v) is 8.46. The molecule has 1 N–H and O–H groups in total. The number of anilines is 3. The number of hydrogen-bond donors (Lipinski definition) is 1. The number of hydrogen-bond acceptors (Lipinski definition) is 8. The van der Waals surface area contributed by atoms with Crippen LogP contribution >= 0.6 is 0 Å². The van der Waals surface area contributed by atoms with Gasteiger partial charge in [0.1, 0.15) is 17.9 Å². The van der Waals surface area contributed by atoms with Gasteiger partial charge >= 0.3 is 0 Å². The number of rotatable bonds is 5. The number of furan rings is 1. The normalized spacial score (nSPS) is 15.5. The van der Waals surface area contributed by atoms with Gasteiger partial charge in [-0.3, -0.25) is 4.79 Å². The number of morpholine rings is 1. The van der Waals surface area contributed by atoms with Gasteiger partial charge < -0.3 is 24.3 Å². The molecule has 0 bridgehead atoms. The van der Waals surface area contributed by atoms with Crippen LogP contribution in [0.2, 0.25) is 0 Å². The summed E-state index contributed by atoms with van der Waals surface area (Å²) in [6, 6.07) is 12.1. The summed E-state index contributed by atoms with van der Waals surface area (Å²) in [4.78, 5) is 25.3. The molecule has 1 aromatic carbocycles. The number of nitrogens with zero attached hydrogens (tertiary/aromatic N) is 5. The van der Waals surface area contributed by atoms with Crippen LogP contribution in [0.1, 0.15) is 23.3 Å². The molecule has 1 fully saturated rings. The number of amides is 1. The fourth-order valence-corrected chi connectivity index (χ4v) is 4.30. The van der Waals surface area contributed by atoms with E-state index in [1.807, 2.05) is 31.2 Å². The Hall–Kier alpha value is -3.90. The lowest BCUT2D eigenvalue weighted by atomic mass is 10.1. The van der Waals surface area contributed by atoms with Crippen LogP contribution in [0.25, 0.3) is 11.5 Å². The second-order valence-electron chi connectivity index (χ2n) is 8.46. The van der Waals surface area contributed by atoms with Crippen molar-refractivity contribution >= 4 is 23.2 Å². The van der Waals surface area contributed by atoms with Gasteiger partial charge in [0, 0.05) is 55.7 Å². The Balaban J connectivity index is 1.32. The first kappa shape index (κ1) is 21.9. The van der Waals surface area contributed by atoms with Crippen molar-refractivity contribution < 1.29 is 13.9 Å². The van der Waals surface area contributed by atoms with Crippen LogP contribution in [-0.4, -0.2) is 53.6 Å². The summed E-state index contributed by atoms with van der Waals surface area (Å²) in [5, 5.41) is 12.1. The number of nitrogens with one attached hydrogen (secondary N) is 1. The number of ether oxygens (including phenoxy) is 1. The minimum atomic E-state index is -0.153. The van der Waals surface area contributed by atoms with Crippen LogP contribution in [0.3, 0.4) is 0 Å². The molecule has 9 heteroatoms. The first-order valence-electron chi connectivity index (χ1n) is 11.4. The maximum absolute atomic E-state index is 12.1. The molecule has 0 aliphatic carbocycles. The molecule has 3 aromatic rings. The Kier molecular flexibility index (Phi) is 6.14. The molecule has 2 aromatic heterocycles. The van der Waals surface area contributed by atoms with E-state index in [0.717, 1.165) is 48.9 Å². The summed E-state index contributed by atoms with van der Waals surface area (Å²) in [7, 11) is 0. The molecule has 1 amide bonds. The minimum Gasteiger partial charge on any atom is -0.459 e. The van der Waals surface area contributed by atoms with E-state index in [2.05, 4.69) is 27.3 Å². The quantitative estimate of drug-likeness (QED) is 0.620. The molecule has 4 heterocycles. The molecule has 34 heavy (non-hydrogen) atoms. The van der Waals surface area contributed by atoms with Crippen molar-refractivity contribution in [3.8, 4) is 17.5 Å². The van der Waals surface area contributed by atoms with E-state index in [4.69, 9.17) is 19.4 Å². The Bertz CT molecular complexity index is 1220. The summed E-state index contributed by atoms with van der Waals surface area (Å²) in [5.74, 6) is 1.85. The van der Waals surface area contributed by atoms with Gasteiger partial charge in [-0.05, 0) is 42.8 Å². The fraction of sp³-hybridized carbons (Fsp3) is 0.360. The molecule has 0 atom stereocenters. The number of carbonyl (C=O) groups excluding carboxylic acids is 1. The molecule has 9 nitrogen and oxygen atoms in total. The van der Waals surface area contributed by atoms with Crippen LogP contribution < -0.4 is 10.2 Å². The highest BCUT2D eigenvalue weighted by molar-refractivity contribution is 5.78. The van der Waals surface area contributed by atoms with Crippen molar-refractivity contribution in [3.05, 3.63) is 53.4 Å². The van der Waals surface area contributed by atoms with E-state index >= 15 is 0 Å². The van der Waals surface area contributed by atoms with Crippen molar-refractivity contribution in [1.82, 2.24) is 14.9 Å². The highest BCUT2D eigenvalue weighted by atomic mass is 16.5. The summed E-state index contributed by atoms with van der Waals surface area (Å²) in [6.45, 7) is 6.25. The molecule has 2 aliphatic rings. The van der Waals surface area contributed by atoms with Crippen molar-refractivity contribution in [2.75, 3.05) is 43.1 Å². The van der Waals surface area contributed by atoms with E-state index in [0.29, 0.717) is 36.9 Å². The zero-order valence-electron chi connectivity index (χ0n) is 19.1. The lowest BCUT2D eigenvalue weighted by Gasteiger charge is -2.28. The first-order valence-corrected chi connectivity index (χ1v) is 11.4. The number of aryl methyl sites for hydroxylation is 1. The average Bonchev–Trinajstić information content (AvgIpc) is 3.29. The van der Waals surface area contributed by atoms with Crippen molar-refractivity contribution in [1.29, 1.82) is 5.26 Å². The van der Waals surface area contributed by atoms with Crippen LogP contribution in [-0.2, 0) is 22.5 Å². The SMILES string of the molecule is Cc1cnc(Nc2ccc(N3CCOCC3)cc2)nc1-c1cc2c(o1)CCN(C(=O)CC#N)C2. The van der Waals surface area contributed by atoms with Gasteiger partial charge in [-0.2, -0.15) is 5.26 Å². The molecule has 5 rings (SSSR count). The highest BCUT2D eigenvalue weighted by Gasteiger charge is 2.25. The summed E-state index contributed by atoms with van der Waals surface area (Å²) < 4.78 is 11.5. The van der Waals surface area contributed by atoms with E-state index in [1.165, 1.54) is 5.69 Å². The van der Waals surface area contributed by atoms with Crippen molar-refractivity contribution in [2.45, 2.75) is 26.3 Å². The predicted molar refractivity (Wildman–Crippen MR) is 127 cm³/mol. The van der Waals surface area contributed by atoms with E-state index in [-0.39, 0.29) is 12.3 Å². The molecule has 0 saturated carbocycles. The predicted octanol–water partition coefficient (Wildman–Crippen LogP) is 3.42. The number of aromatic nitrogens is 2. The van der Waals surface area contributed by atoms with Gasteiger partial charge in [0.25, 0.3) is 0 Å². The molecule has 0 radical (unpaired) electrons. The first-order chi connectivity index (χ1) is 16.6. The average molecular weight is 459 g/mol. The molecule has 0 spiro atoms. The number of carbonyl (C=O) groups is 1. The Labute approximate surface area is 198 Å². The minimum absolute atomic E-state index is 0.104. The largest absolute Gasteiger partial charge is 0.459 e. The van der Waals surface area contributed by atoms with Gasteiger partial charge in [-0.1, -0.05) is 0 Å². The second kappa shape index (κ2) is 9.53. The van der Waals surface area contributed by atoms with Crippen LogP contribution in [0.15, 0.2) is 40.9 Å². The van der Waals surface area contributed by atoms with Gasteiger partial charge in [-0.25, -0.2) is 9.97 Å². The Morgan fingerprint density at radius 2 is 2.00 bits per heavy atom. The third-order valence-corrected chi connectivity index (χ3v) is 6.15. The van der Waals surface area contributed by atoms with Gasteiger partial charge in [0.05, 0.1) is 19.3 Å². The molecular weight excluding hydrogens is 432 g/mol. The number of benzene rings is 1. The molecular formula is C25H26N6O3. The van der Waals surface area contributed by atoms with Crippen molar-refractivity contribution in [3.63, 3.8) is 0 Å². The van der Waals surface area contributed by atoms with E-state index in [9.17, 15) is 4.79 Å². The molecule has 2 aliphatic heterocycles. The van der Waals surface area contributed by atoms with Crippen LogP contribution in [0.5, 0.6) is 0 Å². The Morgan fingerprint density at radius 3 is 2.76 bits per heavy atom. The molecule has 174 valence electrons. The third kappa shape index (κ3) is 4.58. The molecule has 1 saturated heterocycles. The lowest BCUT2D eigenvalue weighted by Crippen LogP contribution is -2.36. The summed E-state index contributed by atoms with van der Waals surface area (Å²) in [6.07, 6.45) is 2.29. The maximum atomic E-state index is 12.1. The number of fused-ring (bicyclic) bond motifs is 1. The summed E-state index contributed by atoms with van der Waals surface area (Å²) >= 11 is 0. The van der Waals surface area contributed by atoms with Gasteiger partial charge in [0.2, 0.25) is 11.9 Å². The van der Waals surface area contributed by atoms with Crippen LogP contribution in [0, 0.1) is 18.3 Å². The monoisotopic (exact) mass is 458 g/mol. The topological polar surface area (TPSA) is 108 Å². The Morgan fingerprint density at radius 1 is 1.21 bits per heavy atom. The zero-order valence-corrected chi connectivity index (χ0v) is 19.1.